The van der Waals surface area contributed by atoms with Crippen molar-refractivity contribution in [1.82, 2.24) is 14.8 Å². The van der Waals surface area contributed by atoms with E-state index in [1.807, 2.05) is 29.8 Å². The number of aromatic nitrogens is 3. The van der Waals surface area contributed by atoms with E-state index in [1.165, 1.54) is 0 Å². The van der Waals surface area contributed by atoms with Gasteiger partial charge in [0.15, 0.2) is 5.82 Å². The zero-order valence-electron chi connectivity index (χ0n) is 10.1. The van der Waals surface area contributed by atoms with Crippen LogP contribution in [0.15, 0.2) is 30.3 Å². The molecule has 17 heavy (non-hydrogen) atoms. The number of hydrogen-bond acceptors (Lipinski definition) is 3. The third-order valence-electron chi connectivity index (χ3n) is 2.63. The van der Waals surface area contributed by atoms with E-state index < -0.39 is 0 Å². The van der Waals surface area contributed by atoms with E-state index in [1.54, 1.807) is 0 Å². The minimum atomic E-state index is 0.731. The summed E-state index contributed by atoms with van der Waals surface area (Å²) in [7, 11) is 0. The second-order valence-corrected chi connectivity index (χ2v) is 4.07. The fraction of sp³-hybridized carbons (Fsp3) is 0.385. The first kappa shape index (κ1) is 11.8. The second kappa shape index (κ2) is 5.59. The number of rotatable bonds is 5. The fourth-order valence-electron chi connectivity index (χ4n) is 1.82. The van der Waals surface area contributed by atoms with Crippen molar-refractivity contribution in [2.45, 2.75) is 26.3 Å². The van der Waals surface area contributed by atoms with Crippen LogP contribution in [0.5, 0.6) is 0 Å². The molecule has 0 aliphatic heterocycles. The van der Waals surface area contributed by atoms with Crippen LogP contribution in [-0.2, 0) is 6.54 Å². The normalized spacial score (nSPS) is 10.7. The highest BCUT2D eigenvalue weighted by molar-refractivity contribution is 5.54. The van der Waals surface area contributed by atoms with Crippen LogP contribution in [0.4, 0.5) is 0 Å². The largest absolute Gasteiger partial charge is 0.330 e. The summed E-state index contributed by atoms with van der Waals surface area (Å²) in [5, 5.41) is 4.42. The molecule has 0 fully saturated rings. The minimum Gasteiger partial charge on any atom is -0.330 e. The third kappa shape index (κ3) is 2.91. The zero-order valence-corrected chi connectivity index (χ0v) is 10.1. The molecule has 1 aromatic heterocycles. The average molecular weight is 230 g/mol. The topological polar surface area (TPSA) is 56.7 Å². The van der Waals surface area contributed by atoms with Gasteiger partial charge in [-0.25, -0.2) is 9.67 Å². The smallest absolute Gasteiger partial charge is 0.158 e. The number of nitrogens with two attached hydrogens (primary N) is 1. The van der Waals surface area contributed by atoms with Gasteiger partial charge < -0.3 is 5.73 Å². The lowest BCUT2D eigenvalue weighted by Crippen LogP contribution is -2.06. The SMILES string of the molecule is Cc1nc(-c2ccccc2)n(CCCCN)n1. The Morgan fingerprint density at radius 3 is 2.65 bits per heavy atom. The Hall–Kier alpha value is -1.68. The third-order valence-corrected chi connectivity index (χ3v) is 2.63. The Morgan fingerprint density at radius 2 is 1.94 bits per heavy atom. The van der Waals surface area contributed by atoms with Crippen molar-refractivity contribution < 1.29 is 0 Å². The molecule has 0 aliphatic carbocycles. The molecular weight excluding hydrogens is 212 g/mol. The van der Waals surface area contributed by atoms with Crippen molar-refractivity contribution in [2.75, 3.05) is 6.54 Å². The first-order valence-corrected chi connectivity index (χ1v) is 5.98. The van der Waals surface area contributed by atoms with Gasteiger partial charge in [0.1, 0.15) is 5.82 Å². The van der Waals surface area contributed by atoms with Gasteiger partial charge in [-0.15, -0.1) is 0 Å². The Balaban J connectivity index is 2.22. The van der Waals surface area contributed by atoms with Crippen molar-refractivity contribution >= 4 is 0 Å². The highest BCUT2D eigenvalue weighted by Gasteiger charge is 2.08. The number of nitrogens with zero attached hydrogens (tertiary/aromatic N) is 3. The Morgan fingerprint density at radius 1 is 1.18 bits per heavy atom. The predicted octanol–water partition coefficient (Wildman–Crippen LogP) is 1.99. The fourth-order valence-corrected chi connectivity index (χ4v) is 1.82. The van der Waals surface area contributed by atoms with Crippen LogP contribution >= 0.6 is 0 Å². The molecule has 0 spiro atoms. The van der Waals surface area contributed by atoms with Gasteiger partial charge in [0.2, 0.25) is 0 Å². The molecule has 2 aromatic rings. The summed E-state index contributed by atoms with van der Waals surface area (Å²) < 4.78 is 1.97. The molecule has 0 saturated heterocycles. The Bertz CT molecular complexity index is 462. The lowest BCUT2D eigenvalue weighted by Gasteiger charge is -2.05. The maximum atomic E-state index is 5.50. The number of unbranched alkanes of at least 4 members (excludes halogenated alkanes) is 1. The molecule has 4 heteroatoms. The van der Waals surface area contributed by atoms with Crippen LogP contribution in [0.3, 0.4) is 0 Å². The van der Waals surface area contributed by atoms with E-state index in [9.17, 15) is 0 Å². The molecule has 0 aliphatic rings. The van der Waals surface area contributed by atoms with Gasteiger partial charge in [-0.2, -0.15) is 5.10 Å². The minimum absolute atomic E-state index is 0.731. The van der Waals surface area contributed by atoms with Crippen LogP contribution in [-0.4, -0.2) is 21.3 Å². The van der Waals surface area contributed by atoms with Crippen molar-refractivity contribution in [3.05, 3.63) is 36.2 Å². The molecule has 0 bridgehead atoms. The summed E-state index contributed by atoms with van der Waals surface area (Å²) in [4.78, 5) is 4.48. The monoisotopic (exact) mass is 230 g/mol. The van der Waals surface area contributed by atoms with Crippen LogP contribution < -0.4 is 5.73 Å². The van der Waals surface area contributed by atoms with E-state index in [2.05, 4.69) is 22.2 Å². The molecule has 0 saturated carbocycles. The first-order valence-electron chi connectivity index (χ1n) is 5.98. The van der Waals surface area contributed by atoms with E-state index in [4.69, 9.17) is 5.73 Å². The Kier molecular flexibility index (Phi) is 3.88. The van der Waals surface area contributed by atoms with Crippen LogP contribution in [0.1, 0.15) is 18.7 Å². The standard InChI is InChI=1S/C13H18N4/c1-11-15-13(12-7-3-2-4-8-12)17(16-11)10-6-5-9-14/h2-4,7-8H,5-6,9-10,14H2,1H3. The molecule has 0 unspecified atom stereocenters. The summed E-state index contributed by atoms with van der Waals surface area (Å²) in [6.45, 7) is 3.53. The quantitative estimate of drug-likeness (QED) is 0.799. The lowest BCUT2D eigenvalue weighted by molar-refractivity contribution is 0.563. The molecular formula is C13H18N4. The van der Waals surface area contributed by atoms with Gasteiger partial charge in [-0.1, -0.05) is 30.3 Å². The zero-order chi connectivity index (χ0) is 12.1. The summed E-state index contributed by atoms with van der Waals surface area (Å²) in [5.74, 6) is 1.76. The first-order chi connectivity index (χ1) is 8.31. The molecule has 1 heterocycles. The molecule has 2 N–H and O–H groups in total. The molecule has 0 atom stereocenters. The molecule has 4 nitrogen and oxygen atoms in total. The molecule has 0 radical (unpaired) electrons. The van der Waals surface area contributed by atoms with Gasteiger partial charge in [-0.3, -0.25) is 0 Å². The van der Waals surface area contributed by atoms with Crippen molar-refractivity contribution in [3.63, 3.8) is 0 Å². The molecule has 0 amide bonds. The van der Waals surface area contributed by atoms with Crippen molar-refractivity contribution in [3.8, 4) is 11.4 Å². The summed E-state index contributed by atoms with van der Waals surface area (Å²) in [5.41, 5.74) is 6.61. The van der Waals surface area contributed by atoms with Gasteiger partial charge in [0.05, 0.1) is 0 Å². The van der Waals surface area contributed by atoms with Crippen LogP contribution in [0.2, 0.25) is 0 Å². The maximum absolute atomic E-state index is 5.50. The summed E-state index contributed by atoms with van der Waals surface area (Å²) in [6, 6.07) is 10.2. The lowest BCUT2D eigenvalue weighted by atomic mass is 10.2. The average Bonchev–Trinajstić information content (AvgIpc) is 2.72. The van der Waals surface area contributed by atoms with Crippen LogP contribution in [0.25, 0.3) is 11.4 Å². The number of hydrogen-bond donors (Lipinski definition) is 1. The maximum Gasteiger partial charge on any atom is 0.158 e. The molecule has 2 rings (SSSR count). The van der Waals surface area contributed by atoms with Gasteiger partial charge in [0, 0.05) is 12.1 Å². The predicted molar refractivity (Wildman–Crippen MR) is 68.5 cm³/mol. The number of benzene rings is 1. The highest BCUT2D eigenvalue weighted by Crippen LogP contribution is 2.17. The second-order valence-electron chi connectivity index (χ2n) is 4.07. The van der Waals surface area contributed by atoms with Gasteiger partial charge in [0.25, 0.3) is 0 Å². The molecule has 90 valence electrons. The number of aryl methyl sites for hydroxylation is 2. The van der Waals surface area contributed by atoms with Crippen molar-refractivity contribution in [1.29, 1.82) is 0 Å². The van der Waals surface area contributed by atoms with E-state index in [0.717, 1.165) is 43.1 Å². The van der Waals surface area contributed by atoms with Gasteiger partial charge in [-0.05, 0) is 26.3 Å². The Labute approximate surface area is 101 Å². The van der Waals surface area contributed by atoms with Crippen LogP contribution in [0, 0.1) is 6.92 Å². The van der Waals surface area contributed by atoms with E-state index in [-0.39, 0.29) is 0 Å². The highest BCUT2D eigenvalue weighted by atomic mass is 15.3. The van der Waals surface area contributed by atoms with E-state index >= 15 is 0 Å². The van der Waals surface area contributed by atoms with Gasteiger partial charge >= 0.3 is 0 Å². The summed E-state index contributed by atoms with van der Waals surface area (Å²) in [6.07, 6.45) is 2.06. The van der Waals surface area contributed by atoms with E-state index in [0.29, 0.717) is 0 Å². The summed E-state index contributed by atoms with van der Waals surface area (Å²) >= 11 is 0. The molecule has 1 aromatic carbocycles. The van der Waals surface area contributed by atoms with Crippen molar-refractivity contribution in [2.24, 2.45) is 5.73 Å².